The molecule has 0 amide bonds. The van der Waals surface area contributed by atoms with E-state index in [4.69, 9.17) is 5.73 Å². The van der Waals surface area contributed by atoms with Gasteiger partial charge in [-0.15, -0.1) is 0 Å². The van der Waals surface area contributed by atoms with E-state index in [1.165, 1.54) is 0 Å². The summed E-state index contributed by atoms with van der Waals surface area (Å²) in [5.74, 6) is 0.767. The molecule has 0 aliphatic heterocycles. The molecule has 1 aromatic carbocycles. The highest BCUT2D eigenvalue weighted by Crippen LogP contribution is 2.21. The summed E-state index contributed by atoms with van der Waals surface area (Å²) in [4.78, 5) is 9.09. The molecule has 94 valence electrons. The van der Waals surface area contributed by atoms with Crippen molar-refractivity contribution >= 4 is 5.69 Å². The summed E-state index contributed by atoms with van der Waals surface area (Å²) >= 11 is 0. The van der Waals surface area contributed by atoms with Gasteiger partial charge in [0.1, 0.15) is 0 Å². The summed E-state index contributed by atoms with van der Waals surface area (Å²) in [6, 6.07) is 10.00. The molecule has 0 saturated heterocycles. The fourth-order valence-electron chi connectivity index (χ4n) is 1.89. The molecule has 3 N–H and O–H groups in total. The highest BCUT2D eigenvalue weighted by atomic mass is 15.0. The number of anilines is 1. The molecule has 0 aliphatic rings. The van der Waals surface area contributed by atoms with Gasteiger partial charge in [-0.3, -0.25) is 0 Å². The number of nitrogens with two attached hydrogens (primary N) is 1. The molecule has 0 spiro atoms. The summed E-state index contributed by atoms with van der Waals surface area (Å²) in [6.07, 6.45) is 0. The number of aromatic nitrogens is 2. The number of aryl methyl sites for hydroxylation is 2. The molecule has 2 aromatic rings. The van der Waals surface area contributed by atoms with E-state index < -0.39 is 0 Å². The SMILES string of the molecule is Cc1nc(-c2ccccc2)nc(C)c1NCCN. The van der Waals surface area contributed by atoms with E-state index in [1.54, 1.807) is 0 Å². The molecule has 0 radical (unpaired) electrons. The van der Waals surface area contributed by atoms with Gasteiger partial charge in [0.2, 0.25) is 0 Å². The zero-order valence-electron chi connectivity index (χ0n) is 10.8. The molecular weight excluding hydrogens is 224 g/mol. The van der Waals surface area contributed by atoms with Crippen LogP contribution in [0.1, 0.15) is 11.4 Å². The number of benzene rings is 1. The van der Waals surface area contributed by atoms with Gasteiger partial charge < -0.3 is 11.1 Å². The Kier molecular flexibility index (Phi) is 3.89. The maximum atomic E-state index is 5.49. The minimum atomic E-state index is 0.597. The van der Waals surface area contributed by atoms with Gasteiger partial charge in [-0.25, -0.2) is 9.97 Å². The zero-order valence-corrected chi connectivity index (χ0v) is 10.8. The Morgan fingerprint density at radius 3 is 2.22 bits per heavy atom. The molecule has 4 heteroatoms. The van der Waals surface area contributed by atoms with E-state index in [-0.39, 0.29) is 0 Å². The van der Waals surface area contributed by atoms with Crippen LogP contribution in [0.25, 0.3) is 11.4 Å². The van der Waals surface area contributed by atoms with Crippen molar-refractivity contribution in [1.29, 1.82) is 0 Å². The quantitative estimate of drug-likeness (QED) is 0.862. The first-order valence-corrected chi connectivity index (χ1v) is 6.07. The summed E-state index contributed by atoms with van der Waals surface area (Å²) < 4.78 is 0. The van der Waals surface area contributed by atoms with Crippen molar-refractivity contribution in [1.82, 2.24) is 9.97 Å². The molecule has 0 atom stereocenters. The molecule has 0 aliphatic carbocycles. The van der Waals surface area contributed by atoms with E-state index in [2.05, 4.69) is 15.3 Å². The lowest BCUT2D eigenvalue weighted by Gasteiger charge is -2.12. The van der Waals surface area contributed by atoms with Gasteiger partial charge in [-0.1, -0.05) is 30.3 Å². The highest BCUT2D eigenvalue weighted by molar-refractivity contribution is 5.60. The van der Waals surface area contributed by atoms with Crippen LogP contribution in [0.15, 0.2) is 30.3 Å². The second kappa shape index (κ2) is 5.60. The maximum absolute atomic E-state index is 5.49. The van der Waals surface area contributed by atoms with Gasteiger partial charge >= 0.3 is 0 Å². The van der Waals surface area contributed by atoms with Crippen LogP contribution >= 0.6 is 0 Å². The number of nitrogens with zero attached hydrogens (tertiary/aromatic N) is 2. The first kappa shape index (κ1) is 12.5. The van der Waals surface area contributed by atoms with Crippen molar-refractivity contribution in [3.63, 3.8) is 0 Å². The van der Waals surface area contributed by atoms with Gasteiger partial charge in [-0.2, -0.15) is 0 Å². The predicted octanol–water partition coefficient (Wildman–Crippen LogP) is 2.13. The second-order valence-corrected chi connectivity index (χ2v) is 4.17. The van der Waals surface area contributed by atoms with E-state index in [9.17, 15) is 0 Å². The summed E-state index contributed by atoms with van der Waals surface area (Å²) in [6.45, 7) is 5.30. The predicted molar refractivity (Wildman–Crippen MR) is 74.5 cm³/mol. The number of nitrogens with one attached hydrogen (secondary N) is 1. The highest BCUT2D eigenvalue weighted by Gasteiger charge is 2.08. The van der Waals surface area contributed by atoms with Crippen molar-refractivity contribution in [2.24, 2.45) is 5.73 Å². The van der Waals surface area contributed by atoms with Crippen molar-refractivity contribution in [2.45, 2.75) is 13.8 Å². The smallest absolute Gasteiger partial charge is 0.159 e. The van der Waals surface area contributed by atoms with Crippen LogP contribution in [0.2, 0.25) is 0 Å². The number of hydrogen-bond acceptors (Lipinski definition) is 4. The average molecular weight is 242 g/mol. The van der Waals surface area contributed by atoms with E-state index >= 15 is 0 Å². The topological polar surface area (TPSA) is 63.8 Å². The number of hydrogen-bond donors (Lipinski definition) is 2. The third-order valence-corrected chi connectivity index (χ3v) is 2.75. The van der Waals surface area contributed by atoms with Crippen molar-refractivity contribution in [2.75, 3.05) is 18.4 Å². The van der Waals surface area contributed by atoms with Gasteiger partial charge in [-0.05, 0) is 13.8 Å². The third-order valence-electron chi connectivity index (χ3n) is 2.75. The van der Waals surface area contributed by atoms with Gasteiger partial charge in [0.05, 0.1) is 17.1 Å². The molecule has 0 bridgehead atoms. The largest absolute Gasteiger partial charge is 0.381 e. The van der Waals surface area contributed by atoms with Crippen molar-refractivity contribution in [3.8, 4) is 11.4 Å². The van der Waals surface area contributed by atoms with Gasteiger partial charge in [0.25, 0.3) is 0 Å². The molecule has 0 unspecified atom stereocenters. The van der Waals surface area contributed by atoms with Crippen LogP contribution in [-0.4, -0.2) is 23.1 Å². The van der Waals surface area contributed by atoms with Crippen LogP contribution in [0.4, 0.5) is 5.69 Å². The summed E-state index contributed by atoms with van der Waals surface area (Å²) in [5, 5.41) is 3.26. The molecular formula is C14H18N4. The minimum absolute atomic E-state index is 0.597. The van der Waals surface area contributed by atoms with Crippen molar-refractivity contribution < 1.29 is 0 Å². The Hall–Kier alpha value is -1.94. The molecule has 4 nitrogen and oxygen atoms in total. The van der Waals surface area contributed by atoms with E-state index in [0.717, 1.165) is 35.0 Å². The van der Waals surface area contributed by atoms with Gasteiger partial charge in [0.15, 0.2) is 5.82 Å². The summed E-state index contributed by atoms with van der Waals surface area (Å²) in [5.41, 5.74) is 9.42. The monoisotopic (exact) mass is 242 g/mol. The Bertz CT molecular complexity index is 500. The summed E-state index contributed by atoms with van der Waals surface area (Å²) in [7, 11) is 0. The second-order valence-electron chi connectivity index (χ2n) is 4.17. The molecule has 0 saturated carbocycles. The lowest BCUT2D eigenvalue weighted by molar-refractivity contribution is 0.990. The van der Waals surface area contributed by atoms with Crippen LogP contribution in [0.3, 0.4) is 0 Å². The lowest BCUT2D eigenvalue weighted by atomic mass is 10.2. The zero-order chi connectivity index (χ0) is 13.0. The lowest BCUT2D eigenvalue weighted by Crippen LogP contribution is -2.15. The molecule has 1 heterocycles. The Balaban J connectivity index is 2.36. The standard InChI is InChI=1S/C14H18N4/c1-10-13(16-9-8-15)11(2)18-14(17-10)12-6-4-3-5-7-12/h3-7,16H,8-9,15H2,1-2H3. The Morgan fingerprint density at radius 2 is 1.67 bits per heavy atom. The van der Waals surface area contributed by atoms with Crippen molar-refractivity contribution in [3.05, 3.63) is 41.7 Å². The molecule has 18 heavy (non-hydrogen) atoms. The Morgan fingerprint density at radius 1 is 1.06 bits per heavy atom. The molecule has 0 fully saturated rings. The van der Waals surface area contributed by atoms with Crippen LogP contribution in [0, 0.1) is 13.8 Å². The van der Waals surface area contributed by atoms with Crippen LogP contribution in [-0.2, 0) is 0 Å². The maximum Gasteiger partial charge on any atom is 0.159 e. The van der Waals surface area contributed by atoms with E-state index in [0.29, 0.717) is 6.54 Å². The van der Waals surface area contributed by atoms with E-state index in [1.807, 2.05) is 44.2 Å². The first-order valence-electron chi connectivity index (χ1n) is 6.07. The third kappa shape index (κ3) is 2.65. The number of rotatable bonds is 4. The normalized spacial score (nSPS) is 10.4. The van der Waals surface area contributed by atoms with Gasteiger partial charge in [0, 0.05) is 18.7 Å². The fourth-order valence-corrected chi connectivity index (χ4v) is 1.89. The Labute approximate surface area is 107 Å². The molecule has 1 aromatic heterocycles. The first-order chi connectivity index (χ1) is 8.72. The molecule has 2 rings (SSSR count). The fraction of sp³-hybridized carbons (Fsp3) is 0.286. The average Bonchev–Trinajstić information content (AvgIpc) is 2.39. The van der Waals surface area contributed by atoms with Crippen LogP contribution < -0.4 is 11.1 Å². The minimum Gasteiger partial charge on any atom is -0.381 e. The van der Waals surface area contributed by atoms with Crippen LogP contribution in [0.5, 0.6) is 0 Å².